The summed E-state index contributed by atoms with van der Waals surface area (Å²) < 4.78 is 10.5. The van der Waals surface area contributed by atoms with Gasteiger partial charge in [0, 0.05) is 42.7 Å². The fraction of sp³-hybridized carbons (Fsp3) is 0.372. The molecule has 6 N–H and O–H groups in total. The highest BCUT2D eigenvalue weighted by atomic mass is 16.6. The summed E-state index contributed by atoms with van der Waals surface area (Å²) in [5.74, 6) is -1.64. The zero-order valence-electron chi connectivity index (χ0n) is 33.6. The molecule has 15 nitrogen and oxygen atoms in total. The largest absolute Gasteiger partial charge is 0.445 e. The maximum atomic E-state index is 13.0. The number of amides is 6. The monoisotopic (exact) mass is 797 g/mol. The first-order valence-corrected chi connectivity index (χ1v) is 19.4. The van der Waals surface area contributed by atoms with E-state index in [0.717, 1.165) is 43.2 Å². The molecule has 2 aromatic carbocycles. The van der Waals surface area contributed by atoms with Crippen molar-refractivity contribution in [2.24, 2.45) is 5.92 Å². The Kier molecular flexibility index (Phi) is 20.3. The van der Waals surface area contributed by atoms with Crippen LogP contribution in [0.1, 0.15) is 87.7 Å². The third kappa shape index (κ3) is 18.0. The van der Waals surface area contributed by atoms with Crippen molar-refractivity contribution in [2.45, 2.75) is 85.4 Å². The van der Waals surface area contributed by atoms with Crippen LogP contribution in [-0.4, -0.2) is 60.0 Å². The van der Waals surface area contributed by atoms with Crippen molar-refractivity contribution in [1.82, 2.24) is 26.3 Å². The quantitative estimate of drug-likeness (QED) is 0.0484. The van der Waals surface area contributed by atoms with Crippen molar-refractivity contribution >= 4 is 47.2 Å². The van der Waals surface area contributed by atoms with E-state index in [-0.39, 0.29) is 38.1 Å². The molecule has 0 aliphatic rings. The van der Waals surface area contributed by atoms with E-state index in [9.17, 15) is 28.8 Å². The Bertz CT molecular complexity index is 1860. The first-order chi connectivity index (χ1) is 27.9. The number of benzene rings is 2. The smallest absolute Gasteiger partial charge is 0.412 e. The molecule has 15 heteroatoms. The summed E-state index contributed by atoms with van der Waals surface area (Å²) in [6, 6.07) is 16.1. The van der Waals surface area contributed by atoms with Crippen molar-refractivity contribution in [1.29, 1.82) is 0 Å². The van der Waals surface area contributed by atoms with Crippen LogP contribution in [0.15, 0.2) is 97.0 Å². The van der Waals surface area contributed by atoms with Crippen molar-refractivity contribution in [3.05, 3.63) is 114 Å². The van der Waals surface area contributed by atoms with E-state index in [1.54, 1.807) is 92.1 Å². The number of anilines is 2. The number of nitrogens with one attached hydrogen (secondary N) is 6. The Morgan fingerprint density at radius 1 is 0.776 bits per heavy atom. The number of pyridine rings is 1. The predicted octanol–water partition coefficient (Wildman–Crippen LogP) is 6.50. The van der Waals surface area contributed by atoms with Crippen LogP contribution in [0.4, 0.5) is 21.0 Å². The van der Waals surface area contributed by atoms with E-state index in [0.29, 0.717) is 28.9 Å². The van der Waals surface area contributed by atoms with Crippen LogP contribution in [0, 0.1) is 5.92 Å². The van der Waals surface area contributed by atoms with Gasteiger partial charge < -0.3 is 36.1 Å². The first-order valence-electron chi connectivity index (χ1n) is 19.4. The number of rotatable bonds is 22. The van der Waals surface area contributed by atoms with Crippen LogP contribution in [0.25, 0.3) is 0 Å². The van der Waals surface area contributed by atoms with E-state index in [1.165, 1.54) is 6.20 Å². The lowest BCUT2D eigenvalue weighted by Crippen LogP contribution is -2.51. The third-order valence-corrected chi connectivity index (χ3v) is 8.51. The molecule has 0 aliphatic carbocycles. The Morgan fingerprint density at radius 3 is 2.19 bits per heavy atom. The second-order valence-corrected chi connectivity index (χ2v) is 13.8. The van der Waals surface area contributed by atoms with Crippen molar-refractivity contribution < 1.29 is 38.2 Å². The molecule has 3 aromatic rings. The average molecular weight is 798 g/mol. The highest BCUT2D eigenvalue weighted by molar-refractivity contribution is 6.06. The molecule has 1 heterocycles. The van der Waals surface area contributed by atoms with Gasteiger partial charge in [0.2, 0.25) is 17.7 Å². The zero-order chi connectivity index (χ0) is 42.1. The molecule has 0 saturated carbocycles. The highest BCUT2D eigenvalue weighted by Gasteiger charge is 2.24. The lowest BCUT2D eigenvalue weighted by atomic mass is 10.0. The van der Waals surface area contributed by atoms with E-state index in [1.807, 2.05) is 13.8 Å². The summed E-state index contributed by atoms with van der Waals surface area (Å²) >= 11 is 0. The molecule has 0 radical (unpaired) electrons. The number of unbranched alkanes of at least 4 members (excludes halogenated alkanes) is 4. The Morgan fingerprint density at radius 2 is 1.50 bits per heavy atom. The number of para-hydroxylation sites is 2. The van der Waals surface area contributed by atoms with Crippen molar-refractivity contribution in [2.75, 3.05) is 23.8 Å². The van der Waals surface area contributed by atoms with E-state index >= 15 is 0 Å². The van der Waals surface area contributed by atoms with Crippen LogP contribution in [0.3, 0.4) is 0 Å². The minimum atomic E-state index is -0.749. The lowest BCUT2D eigenvalue weighted by Gasteiger charge is -2.21. The summed E-state index contributed by atoms with van der Waals surface area (Å²) in [6.07, 6.45) is 12.0. The summed E-state index contributed by atoms with van der Waals surface area (Å²) in [5, 5.41) is 16.0. The number of carbonyl (C=O) groups is 6. The van der Waals surface area contributed by atoms with Gasteiger partial charge in [0.05, 0.1) is 17.9 Å². The molecule has 0 fully saturated rings. The number of aromatic nitrogens is 1. The van der Waals surface area contributed by atoms with E-state index in [4.69, 9.17) is 9.47 Å². The number of hydrogen-bond donors (Lipinski definition) is 6. The van der Waals surface area contributed by atoms with Gasteiger partial charge in [-0.25, -0.2) is 9.59 Å². The van der Waals surface area contributed by atoms with Crippen molar-refractivity contribution in [3.63, 3.8) is 0 Å². The van der Waals surface area contributed by atoms with Gasteiger partial charge in [0.1, 0.15) is 19.3 Å². The zero-order valence-corrected chi connectivity index (χ0v) is 33.6. The van der Waals surface area contributed by atoms with Crippen molar-refractivity contribution in [3.8, 4) is 0 Å². The van der Waals surface area contributed by atoms with Gasteiger partial charge in [-0.15, -0.1) is 0 Å². The molecule has 58 heavy (non-hydrogen) atoms. The van der Waals surface area contributed by atoms with E-state index in [2.05, 4.69) is 43.8 Å². The maximum absolute atomic E-state index is 13.0. The summed E-state index contributed by atoms with van der Waals surface area (Å²) in [4.78, 5) is 79.0. The second kappa shape index (κ2) is 25.6. The maximum Gasteiger partial charge on any atom is 0.412 e. The van der Waals surface area contributed by atoms with Crippen LogP contribution in [0.5, 0.6) is 0 Å². The Hall–Kier alpha value is -6.51. The van der Waals surface area contributed by atoms with Crippen LogP contribution >= 0.6 is 0 Å². The molecule has 0 bridgehead atoms. The van der Waals surface area contributed by atoms with Gasteiger partial charge in [-0.3, -0.25) is 29.5 Å². The van der Waals surface area contributed by atoms with Gasteiger partial charge in [-0.05, 0) is 66.8 Å². The number of nitrogens with zero attached hydrogens (tertiary/aromatic N) is 1. The average Bonchev–Trinajstić information content (AvgIpc) is 3.22. The Balaban J connectivity index is 1.37. The van der Waals surface area contributed by atoms with Gasteiger partial charge in [-0.1, -0.05) is 82.9 Å². The molecule has 3 rings (SSSR count). The molecular formula is C43H55N7O8. The lowest BCUT2D eigenvalue weighted by molar-refractivity contribution is -0.131. The number of carbonyl (C=O) groups excluding carboxylic acids is 6. The van der Waals surface area contributed by atoms with Gasteiger partial charge in [0.25, 0.3) is 5.91 Å². The molecule has 0 spiro atoms. The first kappa shape index (κ1) is 45.9. The molecule has 0 aliphatic heterocycles. The van der Waals surface area contributed by atoms with Crippen LogP contribution in [-0.2, 0) is 37.0 Å². The fourth-order valence-electron chi connectivity index (χ4n) is 5.25. The fourth-order valence-corrected chi connectivity index (χ4v) is 5.25. The van der Waals surface area contributed by atoms with Crippen LogP contribution in [0.2, 0.25) is 0 Å². The molecular weight excluding hydrogens is 743 g/mol. The van der Waals surface area contributed by atoms with Crippen LogP contribution < -0.4 is 31.9 Å². The minimum absolute atomic E-state index is 0.0564. The molecule has 1 atom stereocenters. The SMILES string of the molecule is CCCCCCCC(=O)NC(C(=O)NCC(=O)N/C=C/C=C(\C)COC(=O)Nc1ccccc1NC(=O)c1ccc(CNC(=O)OCc2cccnc2)cc1)C(C)C. The van der Waals surface area contributed by atoms with Gasteiger partial charge in [-0.2, -0.15) is 0 Å². The Labute approximate surface area is 339 Å². The molecule has 1 unspecified atom stereocenters. The molecule has 6 amide bonds. The molecule has 310 valence electrons. The van der Waals surface area contributed by atoms with E-state index < -0.39 is 35.9 Å². The normalized spacial score (nSPS) is 11.6. The number of alkyl carbamates (subject to hydrolysis) is 1. The standard InChI is InChI=1S/C43H55N7O8/c1-5-6-7-8-9-18-37(51)50-39(30(2)3)41(54)46-27-38(52)45-24-12-14-31(4)28-57-43(56)49-36-17-11-10-16-35(36)48-40(53)34-21-19-32(20-22-34)26-47-42(55)58-29-33-15-13-23-44-25-33/h10-17,19-25,30,39H,5-9,18,26-29H2,1-4H3,(H,45,52)(H,46,54)(H,47,55)(H,48,53)(H,49,56)(H,50,51)/b24-12+,31-14+. The molecule has 0 saturated heterocycles. The summed E-state index contributed by atoms with van der Waals surface area (Å²) in [5.41, 5.74) is 3.22. The van der Waals surface area contributed by atoms with Gasteiger partial charge >= 0.3 is 12.2 Å². The summed E-state index contributed by atoms with van der Waals surface area (Å²) in [7, 11) is 0. The molecule has 1 aromatic heterocycles. The second-order valence-electron chi connectivity index (χ2n) is 13.8. The van der Waals surface area contributed by atoms with Gasteiger partial charge in [0.15, 0.2) is 0 Å². The predicted molar refractivity (Wildman–Crippen MR) is 221 cm³/mol. The topological polar surface area (TPSA) is 206 Å². The minimum Gasteiger partial charge on any atom is -0.445 e. The number of ether oxygens (including phenoxy) is 2. The third-order valence-electron chi connectivity index (χ3n) is 8.51. The number of hydrogen-bond acceptors (Lipinski definition) is 9. The highest BCUT2D eigenvalue weighted by Crippen LogP contribution is 2.22. The summed E-state index contributed by atoms with van der Waals surface area (Å²) in [6.45, 7) is 7.49. The number of allylic oxidation sites excluding steroid dienone is 2.